The highest BCUT2D eigenvalue weighted by atomic mass is 32.2. The molecule has 2 N–H and O–H groups in total. The number of halogens is 6. The quantitative estimate of drug-likeness (QED) is 0.647. The predicted molar refractivity (Wildman–Crippen MR) is 94.7 cm³/mol. The van der Waals surface area contributed by atoms with Gasteiger partial charge in [-0.1, -0.05) is 0 Å². The molecule has 1 aromatic rings. The van der Waals surface area contributed by atoms with Crippen LogP contribution in [0.2, 0.25) is 0 Å². The average molecular weight is 478 g/mol. The molecule has 2 aliphatic heterocycles. The van der Waals surface area contributed by atoms with Crippen LogP contribution in [0.4, 0.5) is 26.3 Å². The van der Waals surface area contributed by atoms with E-state index in [0.717, 1.165) is 50.2 Å². The number of hydrogen-bond acceptors (Lipinski definition) is 5. The molecule has 0 atom stereocenters. The van der Waals surface area contributed by atoms with E-state index in [2.05, 4.69) is 10.1 Å². The van der Waals surface area contributed by atoms with Crippen LogP contribution >= 0.6 is 0 Å². The monoisotopic (exact) mass is 478 g/mol. The summed E-state index contributed by atoms with van der Waals surface area (Å²) in [4.78, 5) is 8.88. The maximum absolute atomic E-state index is 12.5. The van der Waals surface area contributed by atoms with Gasteiger partial charge in [-0.2, -0.15) is 17.5 Å². The number of rotatable bonds is 4. The molecule has 0 bridgehead atoms. The molecule has 0 aromatic heterocycles. The van der Waals surface area contributed by atoms with Crippen molar-refractivity contribution in [3.05, 3.63) is 24.3 Å². The number of alkyl halides is 6. The number of ether oxygens (including phenoxy) is 1. The van der Waals surface area contributed by atoms with Gasteiger partial charge in [0.15, 0.2) is 0 Å². The maximum atomic E-state index is 12.5. The fourth-order valence-electron chi connectivity index (χ4n) is 3.24. The second-order valence-corrected chi connectivity index (χ2v) is 8.93. The van der Waals surface area contributed by atoms with E-state index in [1.807, 2.05) is 0 Å². The van der Waals surface area contributed by atoms with Gasteiger partial charge in [-0.25, -0.2) is 13.2 Å². The van der Waals surface area contributed by atoms with Gasteiger partial charge in [0.2, 0.25) is 10.0 Å². The average Bonchev–Trinajstić information content (AvgIpc) is 2.60. The predicted octanol–water partition coefficient (Wildman–Crippen LogP) is 2.84. The molecule has 0 saturated carbocycles. The fraction of sp³-hybridized carbons (Fsp3) is 0.588. The molecule has 3 rings (SSSR count). The van der Waals surface area contributed by atoms with E-state index in [9.17, 15) is 34.8 Å². The zero-order valence-corrected chi connectivity index (χ0v) is 16.7. The lowest BCUT2D eigenvalue weighted by Gasteiger charge is -2.43. The van der Waals surface area contributed by atoms with Crippen LogP contribution < -0.4 is 10.1 Å². The Morgan fingerprint density at radius 3 is 1.90 bits per heavy atom. The SMILES string of the molecule is O=C(O)C(F)(F)F.O=S(=O)(c1ccc(OC(F)(F)F)cc1)N1CC(C2CCNCC2)C1. The van der Waals surface area contributed by atoms with E-state index in [1.54, 1.807) is 0 Å². The van der Waals surface area contributed by atoms with Crippen LogP contribution in [0.3, 0.4) is 0 Å². The molecule has 7 nitrogen and oxygen atoms in total. The minimum Gasteiger partial charge on any atom is -0.475 e. The van der Waals surface area contributed by atoms with Crippen LogP contribution in [-0.2, 0) is 14.8 Å². The minimum absolute atomic E-state index is 0.0132. The van der Waals surface area contributed by atoms with Crippen molar-refractivity contribution in [1.82, 2.24) is 9.62 Å². The molecular formula is C17H20F6N2O5S. The van der Waals surface area contributed by atoms with Crippen molar-refractivity contribution in [2.75, 3.05) is 26.2 Å². The first-order valence-electron chi connectivity index (χ1n) is 9.07. The number of benzene rings is 1. The van der Waals surface area contributed by atoms with Crippen LogP contribution in [0, 0.1) is 11.8 Å². The Morgan fingerprint density at radius 1 is 1.00 bits per heavy atom. The molecule has 2 aliphatic rings. The van der Waals surface area contributed by atoms with Gasteiger partial charge in [-0.15, -0.1) is 13.2 Å². The zero-order valence-electron chi connectivity index (χ0n) is 15.9. The number of carbonyl (C=O) groups is 1. The molecule has 0 radical (unpaired) electrons. The highest BCUT2D eigenvalue weighted by molar-refractivity contribution is 7.89. The van der Waals surface area contributed by atoms with Gasteiger partial charge in [0.05, 0.1) is 4.90 Å². The topological polar surface area (TPSA) is 95.9 Å². The number of aliphatic carboxylic acids is 1. The largest absolute Gasteiger partial charge is 0.573 e. The van der Waals surface area contributed by atoms with E-state index in [-0.39, 0.29) is 4.90 Å². The van der Waals surface area contributed by atoms with Crippen molar-refractivity contribution in [2.24, 2.45) is 11.8 Å². The number of hydrogen-bond donors (Lipinski definition) is 2. The first-order valence-corrected chi connectivity index (χ1v) is 10.5. The summed E-state index contributed by atoms with van der Waals surface area (Å²) in [7, 11) is -3.65. The molecule has 0 spiro atoms. The molecule has 2 heterocycles. The number of carboxylic acids is 1. The van der Waals surface area contributed by atoms with Crippen molar-refractivity contribution in [3.8, 4) is 5.75 Å². The molecular weight excluding hydrogens is 458 g/mol. The smallest absolute Gasteiger partial charge is 0.475 e. The number of carboxylic acid groups (broad SMARTS) is 1. The summed E-state index contributed by atoms with van der Waals surface area (Å²) >= 11 is 0. The molecule has 0 unspecified atom stereocenters. The summed E-state index contributed by atoms with van der Waals surface area (Å²) in [6.07, 6.45) is -7.76. The van der Waals surface area contributed by atoms with Crippen molar-refractivity contribution >= 4 is 16.0 Å². The Balaban J connectivity index is 0.000000423. The Morgan fingerprint density at radius 2 is 1.48 bits per heavy atom. The van der Waals surface area contributed by atoms with Gasteiger partial charge in [-0.05, 0) is 62.0 Å². The number of nitrogens with one attached hydrogen (secondary N) is 1. The van der Waals surface area contributed by atoms with Crippen LogP contribution in [0.1, 0.15) is 12.8 Å². The van der Waals surface area contributed by atoms with Gasteiger partial charge in [-0.3, -0.25) is 0 Å². The Kier molecular flexibility index (Phi) is 7.81. The van der Waals surface area contributed by atoms with Crippen LogP contribution in [0.5, 0.6) is 5.75 Å². The number of piperidine rings is 1. The second kappa shape index (κ2) is 9.61. The summed E-state index contributed by atoms with van der Waals surface area (Å²) < 4.78 is 98.3. The third-order valence-electron chi connectivity index (χ3n) is 4.86. The lowest BCUT2D eigenvalue weighted by Crippen LogP contribution is -2.53. The van der Waals surface area contributed by atoms with Crippen molar-refractivity contribution < 1.29 is 49.4 Å². The van der Waals surface area contributed by atoms with Crippen molar-refractivity contribution in [3.63, 3.8) is 0 Å². The molecule has 31 heavy (non-hydrogen) atoms. The second-order valence-electron chi connectivity index (χ2n) is 6.99. The third kappa shape index (κ3) is 7.25. The first-order chi connectivity index (χ1) is 14.2. The van der Waals surface area contributed by atoms with E-state index >= 15 is 0 Å². The number of sulfonamides is 1. The molecule has 14 heteroatoms. The Hall–Kier alpha value is -2.06. The molecule has 2 saturated heterocycles. The maximum Gasteiger partial charge on any atom is 0.573 e. The van der Waals surface area contributed by atoms with Crippen LogP contribution in [0.25, 0.3) is 0 Å². The van der Waals surface area contributed by atoms with Crippen molar-refractivity contribution in [2.45, 2.75) is 30.3 Å². The van der Waals surface area contributed by atoms with Gasteiger partial charge in [0, 0.05) is 13.1 Å². The number of nitrogens with zero attached hydrogens (tertiary/aromatic N) is 1. The molecule has 0 amide bonds. The summed E-state index contributed by atoms with van der Waals surface area (Å²) in [5.74, 6) is -2.28. The van der Waals surface area contributed by atoms with Crippen LogP contribution in [0.15, 0.2) is 29.2 Å². The molecule has 2 fully saturated rings. The minimum atomic E-state index is -5.08. The summed E-state index contributed by atoms with van der Waals surface area (Å²) in [5, 5.41) is 10.4. The zero-order chi connectivity index (χ0) is 23.4. The van der Waals surface area contributed by atoms with Gasteiger partial charge < -0.3 is 15.2 Å². The van der Waals surface area contributed by atoms with E-state index in [0.29, 0.717) is 24.9 Å². The van der Waals surface area contributed by atoms with Crippen LogP contribution in [-0.4, -0.2) is 62.5 Å². The lowest BCUT2D eigenvalue weighted by molar-refractivity contribution is -0.274. The van der Waals surface area contributed by atoms with Gasteiger partial charge in [0.25, 0.3) is 0 Å². The standard InChI is InChI=1S/C15H19F3N2O3S.C2HF3O2/c16-15(17,18)23-13-1-3-14(4-2-13)24(21,22)20-9-12(10-20)11-5-7-19-8-6-11;3-2(4,5)1(6)7/h1-4,11-12,19H,5-10H2;(H,6,7). The molecule has 0 aliphatic carbocycles. The summed E-state index contributed by atoms with van der Waals surface area (Å²) in [5.41, 5.74) is 0. The Bertz CT molecular complexity index is 845. The van der Waals surface area contributed by atoms with E-state index in [1.165, 1.54) is 4.31 Å². The Labute approximate surface area is 174 Å². The lowest BCUT2D eigenvalue weighted by atomic mass is 9.81. The van der Waals surface area contributed by atoms with E-state index in [4.69, 9.17) is 9.90 Å². The normalized spacial score (nSPS) is 19.2. The molecule has 176 valence electrons. The highest BCUT2D eigenvalue weighted by Gasteiger charge is 2.41. The highest BCUT2D eigenvalue weighted by Crippen LogP contribution is 2.34. The van der Waals surface area contributed by atoms with Gasteiger partial charge in [0.1, 0.15) is 5.75 Å². The summed E-state index contributed by atoms with van der Waals surface area (Å²) in [6.45, 7) is 2.89. The van der Waals surface area contributed by atoms with Gasteiger partial charge >= 0.3 is 18.5 Å². The summed E-state index contributed by atoms with van der Waals surface area (Å²) in [6, 6.07) is 4.33. The van der Waals surface area contributed by atoms with E-state index < -0.39 is 34.3 Å². The third-order valence-corrected chi connectivity index (χ3v) is 6.71. The first kappa shape index (κ1) is 25.2. The van der Waals surface area contributed by atoms with Crippen molar-refractivity contribution in [1.29, 1.82) is 0 Å². The molecule has 1 aromatic carbocycles. The fourth-order valence-corrected chi connectivity index (χ4v) is 4.80.